The second kappa shape index (κ2) is 7.13. The lowest BCUT2D eigenvalue weighted by molar-refractivity contribution is 0.0694. The van der Waals surface area contributed by atoms with Crippen molar-refractivity contribution in [1.82, 2.24) is 25.1 Å². The topological polar surface area (TPSA) is 135 Å². The van der Waals surface area contributed by atoms with Crippen LogP contribution in [0.25, 0.3) is 22.5 Å². The summed E-state index contributed by atoms with van der Waals surface area (Å²) in [5.41, 5.74) is 10.00. The van der Waals surface area contributed by atoms with Gasteiger partial charge in [-0.15, -0.1) is 0 Å². The molecule has 1 aliphatic carbocycles. The fourth-order valence-corrected chi connectivity index (χ4v) is 5.31. The molecule has 1 fully saturated rings. The van der Waals surface area contributed by atoms with E-state index in [-0.39, 0.29) is 28.2 Å². The van der Waals surface area contributed by atoms with Crippen molar-refractivity contribution in [3.8, 4) is 22.5 Å². The number of nitrogens with zero attached hydrogens (tertiary/aromatic N) is 4. The quantitative estimate of drug-likeness (QED) is 0.607. The molecule has 1 aliphatic heterocycles. The summed E-state index contributed by atoms with van der Waals surface area (Å²) in [4.78, 5) is 23.9. The average molecular weight is 453 g/mol. The van der Waals surface area contributed by atoms with Crippen molar-refractivity contribution in [3.63, 3.8) is 0 Å². The van der Waals surface area contributed by atoms with Crippen LogP contribution < -0.4 is 5.73 Å². The number of rotatable bonds is 5. The molecule has 10 heteroatoms. The van der Waals surface area contributed by atoms with Crippen LogP contribution in [0, 0.1) is 12.8 Å². The molecule has 3 heterocycles. The van der Waals surface area contributed by atoms with Crippen LogP contribution in [0.1, 0.15) is 41.4 Å². The Labute approximate surface area is 186 Å². The largest absolute Gasteiger partial charge is 0.382 e. The zero-order chi connectivity index (χ0) is 22.8. The number of hydrogen-bond acceptors (Lipinski definition) is 7. The molecular formula is C22H24N6O3S. The second-order valence-corrected chi connectivity index (χ2v) is 10.6. The van der Waals surface area contributed by atoms with E-state index in [1.54, 1.807) is 11.1 Å². The SMILES string of the molecule is Cc1n[nH]cc1-c1nc(-c2cc3c(c(S(C)(=O)=O)c2)C(=O)N(C(C)C2CC2)C3)cnc1N. The van der Waals surface area contributed by atoms with E-state index in [0.717, 1.165) is 30.4 Å². The van der Waals surface area contributed by atoms with Gasteiger partial charge in [-0.3, -0.25) is 9.89 Å². The van der Waals surface area contributed by atoms with Crippen molar-refractivity contribution in [2.75, 3.05) is 12.0 Å². The first-order valence-corrected chi connectivity index (χ1v) is 12.4. The van der Waals surface area contributed by atoms with Gasteiger partial charge in [0.25, 0.3) is 5.91 Å². The molecule has 0 bridgehead atoms. The number of amides is 1. The molecule has 3 aromatic rings. The zero-order valence-electron chi connectivity index (χ0n) is 18.1. The van der Waals surface area contributed by atoms with Gasteiger partial charge in [-0.25, -0.2) is 18.4 Å². The van der Waals surface area contributed by atoms with Gasteiger partial charge in [-0.05, 0) is 50.3 Å². The molecule has 3 N–H and O–H groups in total. The number of nitrogens with two attached hydrogens (primary N) is 1. The van der Waals surface area contributed by atoms with Gasteiger partial charge in [0, 0.05) is 36.2 Å². The van der Waals surface area contributed by atoms with Gasteiger partial charge in [-0.2, -0.15) is 5.10 Å². The third-order valence-corrected chi connectivity index (χ3v) is 7.50. The van der Waals surface area contributed by atoms with Crippen molar-refractivity contribution >= 4 is 21.6 Å². The molecule has 1 aromatic carbocycles. The maximum Gasteiger partial charge on any atom is 0.256 e. The monoisotopic (exact) mass is 452 g/mol. The fourth-order valence-electron chi connectivity index (χ4n) is 4.38. The van der Waals surface area contributed by atoms with Crippen LogP contribution in [0.4, 0.5) is 5.82 Å². The number of carbonyl (C=O) groups excluding carboxylic acids is 1. The smallest absolute Gasteiger partial charge is 0.256 e. The number of hydrogen-bond donors (Lipinski definition) is 2. The standard InChI is InChI=1S/C22H24N6O3S/c1-11-16(8-25-27-11)20-21(23)24-9-17(26-20)14-6-15-10-28(12(2)13-4-5-13)22(29)19(15)18(7-14)32(3,30)31/h6-9,12-13H,4-5,10H2,1-3H3,(H2,23,24)(H,25,27). The van der Waals surface area contributed by atoms with Crippen molar-refractivity contribution < 1.29 is 13.2 Å². The summed E-state index contributed by atoms with van der Waals surface area (Å²) in [6.07, 6.45) is 6.54. The number of nitrogens with one attached hydrogen (secondary N) is 1. The fraction of sp³-hybridized carbons (Fsp3) is 0.364. The molecule has 1 unspecified atom stereocenters. The minimum absolute atomic E-state index is 0.0279. The number of aryl methyl sites for hydroxylation is 1. The summed E-state index contributed by atoms with van der Waals surface area (Å²) >= 11 is 0. The van der Waals surface area contributed by atoms with Gasteiger partial charge < -0.3 is 10.6 Å². The lowest BCUT2D eigenvalue weighted by atomic mass is 10.0. The molecule has 5 rings (SSSR count). The number of aromatic nitrogens is 4. The van der Waals surface area contributed by atoms with Crippen LogP contribution in [0.3, 0.4) is 0 Å². The van der Waals surface area contributed by atoms with Crippen LogP contribution in [0.15, 0.2) is 29.4 Å². The number of fused-ring (bicyclic) bond motifs is 1. The first kappa shape index (κ1) is 20.6. The van der Waals surface area contributed by atoms with Gasteiger partial charge >= 0.3 is 0 Å². The van der Waals surface area contributed by atoms with Crippen LogP contribution in [0.5, 0.6) is 0 Å². The van der Waals surface area contributed by atoms with E-state index in [9.17, 15) is 13.2 Å². The first-order chi connectivity index (χ1) is 15.1. The summed E-state index contributed by atoms with van der Waals surface area (Å²) < 4.78 is 25.3. The van der Waals surface area contributed by atoms with Crippen LogP contribution in [-0.2, 0) is 16.4 Å². The summed E-state index contributed by atoms with van der Waals surface area (Å²) in [6, 6.07) is 3.44. The number of sulfone groups is 1. The highest BCUT2D eigenvalue weighted by atomic mass is 32.2. The molecule has 166 valence electrons. The van der Waals surface area contributed by atoms with Crippen molar-refractivity contribution in [1.29, 1.82) is 0 Å². The van der Waals surface area contributed by atoms with E-state index in [1.807, 2.05) is 19.9 Å². The second-order valence-electron chi connectivity index (χ2n) is 8.67. The molecule has 32 heavy (non-hydrogen) atoms. The third-order valence-electron chi connectivity index (χ3n) is 6.38. The molecule has 1 amide bonds. The van der Waals surface area contributed by atoms with Crippen LogP contribution in [-0.4, -0.2) is 51.7 Å². The molecular weight excluding hydrogens is 428 g/mol. The maximum atomic E-state index is 13.2. The van der Waals surface area contributed by atoms with Gasteiger partial charge in [0.1, 0.15) is 11.5 Å². The van der Waals surface area contributed by atoms with Crippen molar-refractivity contribution in [3.05, 3.63) is 41.3 Å². The first-order valence-electron chi connectivity index (χ1n) is 10.5. The van der Waals surface area contributed by atoms with Gasteiger partial charge in [0.15, 0.2) is 9.84 Å². The molecule has 2 aliphatic rings. The molecule has 1 atom stereocenters. The number of H-pyrrole nitrogens is 1. The Kier molecular flexibility index (Phi) is 4.59. The minimum atomic E-state index is -3.65. The highest BCUT2D eigenvalue weighted by molar-refractivity contribution is 7.90. The summed E-state index contributed by atoms with van der Waals surface area (Å²) in [5, 5.41) is 6.90. The summed E-state index contributed by atoms with van der Waals surface area (Å²) in [7, 11) is -3.65. The van der Waals surface area contributed by atoms with E-state index in [4.69, 9.17) is 5.73 Å². The predicted molar refractivity (Wildman–Crippen MR) is 119 cm³/mol. The van der Waals surface area contributed by atoms with Gasteiger partial charge in [0.05, 0.1) is 28.0 Å². The Morgan fingerprint density at radius 1 is 1.28 bits per heavy atom. The lowest BCUT2D eigenvalue weighted by Crippen LogP contribution is -2.35. The maximum absolute atomic E-state index is 13.2. The third kappa shape index (κ3) is 3.35. The van der Waals surface area contributed by atoms with Crippen LogP contribution >= 0.6 is 0 Å². The molecule has 0 saturated heterocycles. The van der Waals surface area contributed by atoms with E-state index in [1.165, 1.54) is 12.3 Å². The number of nitrogen functional groups attached to an aromatic ring is 1. The molecule has 0 radical (unpaired) electrons. The number of anilines is 1. The van der Waals surface area contributed by atoms with Crippen molar-refractivity contribution in [2.24, 2.45) is 5.92 Å². The number of carbonyl (C=O) groups is 1. The van der Waals surface area contributed by atoms with E-state index >= 15 is 0 Å². The highest BCUT2D eigenvalue weighted by Gasteiger charge is 2.40. The Morgan fingerprint density at radius 2 is 2.03 bits per heavy atom. The normalized spacial score (nSPS) is 17.0. The number of benzene rings is 1. The van der Waals surface area contributed by atoms with Gasteiger partial charge in [-0.1, -0.05) is 0 Å². The predicted octanol–water partition coefficient (Wildman–Crippen LogP) is 2.58. The Balaban J connectivity index is 1.64. The van der Waals surface area contributed by atoms with E-state index < -0.39 is 9.84 Å². The average Bonchev–Trinajstić information content (AvgIpc) is 3.43. The van der Waals surface area contributed by atoms with Gasteiger partial charge in [0.2, 0.25) is 0 Å². The number of aromatic amines is 1. The summed E-state index contributed by atoms with van der Waals surface area (Å²) in [6.45, 7) is 4.25. The molecule has 9 nitrogen and oxygen atoms in total. The molecule has 1 saturated carbocycles. The van der Waals surface area contributed by atoms with E-state index in [0.29, 0.717) is 35.0 Å². The Bertz CT molecular complexity index is 1360. The lowest BCUT2D eigenvalue weighted by Gasteiger charge is -2.24. The zero-order valence-corrected chi connectivity index (χ0v) is 18.9. The van der Waals surface area contributed by atoms with Crippen molar-refractivity contribution in [2.45, 2.75) is 44.2 Å². The van der Waals surface area contributed by atoms with E-state index in [2.05, 4.69) is 20.2 Å². The molecule has 0 spiro atoms. The Morgan fingerprint density at radius 3 is 2.66 bits per heavy atom. The molecule has 2 aromatic heterocycles. The highest BCUT2D eigenvalue weighted by Crippen LogP contribution is 2.40. The minimum Gasteiger partial charge on any atom is -0.382 e. The summed E-state index contributed by atoms with van der Waals surface area (Å²) in [5.74, 6) is 0.518. The van der Waals surface area contributed by atoms with Crippen LogP contribution in [0.2, 0.25) is 0 Å². The Hall–Kier alpha value is -3.27.